The molecule has 212 valence electrons. The third-order valence-corrected chi connectivity index (χ3v) is 9.87. The molecule has 0 bridgehead atoms. The minimum Gasteiger partial charge on any atom is -0.460 e. The van der Waals surface area contributed by atoms with E-state index in [9.17, 15) is 4.21 Å². The number of hydrogen-bond acceptors (Lipinski definition) is 7. The third kappa shape index (κ3) is 7.25. The fraction of sp³-hybridized carbons (Fsp3) is 0.419. The lowest BCUT2D eigenvalue weighted by Gasteiger charge is -2.24. The van der Waals surface area contributed by atoms with Gasteiger partial charge in [0.15, 0.2) is 0 Å². The van der Waals surface area contributed by atoms with Crippen LogP contribution in [0.4, 0.5) is 11.6 Å². The molecule has 2 heterocycles. The Bertz CT molecular complexity index is 1400. The van der Waals surface area contributed by atoms with Crippen molar-refractivity contribution in [2.45, 2.75) is 70.1 Å². The van der Waals surface area contributed by atoms with E-state index in [-0.39, 0.29) is 5.25 Å². The molecule has 1 aliphatic heterocycles. The van der Waals surface area contributed by atoms with Gasteiger partial charge in [0.25, 0.3) is 0 Å². The van der Waals surface area contributed by atoms with E-state index in [1.54, 1.807) is 18.0 Å². The van der Waals surface area contributed by atoms with Gasteiger partial charge in [-0.15, -0.1) is 0 Å². The second-order valence-corrected chi connectivity index (χ2v) is 13.3. The predicted octanol–water partition coefficient (Wildman–Crippen LogP) is 7.24. The molecule has 3 N–H and O–H groups in total. The SMILES string of the molecule is C=C(C)S/C(=C(\C)Oc1ccc(NS(=O)C2CCCCC2)c2ccccc12)c1ccnc(NC2CCCNC2)n1. The second-order valence-electron chi connectivity index (χ2n) is 10.6. The summed E-state index contributed by atoms with van der Waals surface area (Å²) < 4.78 is 23.0. The maximum atomic E-state index is 13.1. The molecule has 2 fully saturated rings. The number of fused-ring (bicyclic) bond motifs is 1. The van der Waals surface area contributed by atoms with Crippen LogP contribution in [-0.4, -0.2) is 38.6 Å². The van der Waals surface area contributed by atoms with Gasteiger partial charge in [0, 0.05) is 29.6 Å². The van der Waals surface area contributed by atoms with Crippen LogP contribution in [0.25, 0.3) is 15.7 Å². The van der Waals surface area contributed by atoms with E-state index in [0.29, 0.717) is 12.0 Å². The zero-order valence-corrected chi connectivity index (χ0v) is 25.0. The lowest BCUT2D eigenvalue weighted by molar-refractivity contribution is 0.437. The van der Waals surface area contributed by atoms with Gasteiger partial charge in [-0.05, 0) is 69.2 Å². The number of piperidine rings is 1. The van der Waals surface area contributed by atoms with Crippen molar-refractivity contribution in [3.63, 3.8) is 0 Å². The largest absolute Gasteiger partial charge is 0.460 e. The van der Waals surface area contributed by atoms with Crippen molar-refractivity contribution in [1.29, 1.82) is 0 Å². The molecule has 1 saturated heterocycles. The van der Waals surface area contributed by atoms with Crippen LogP contribution < -0.4 is 20.1 Å². The molecular formula is C31H39N5O2S2. The smallest absolute Gasteiger partial charge is 0.223 e. The molecule has 5 rings (SSSR count). The van der Waals surface area contributed by atoms with Crippen molar-refractivity contribution in [1.82, 2.24) is 15.3 Å². The monoisotopic (exact) mass is 577 g/mol. The molecule has 2 aliphatic rings. The van der Waals surface area contributed by atoms with Crippen LogP contribution >= 0.6 is 11.8 Å². The normalized spacial score (nSPS) is 19.5. The van der Waals surface area contributed by atoms with E-state index in [4.69, 9.17) is 9.72 Å². The van der Waals surface area contributed by atoms with E-state index in [1.807, 2.05) is 56.3 Å². The van der Waals surface area contributed by atoms with Crippen LogP contribution in [0.5, 0.6) is 5.75 Å². The van der Waals surface area contributed by atoms with Gasteiger partial charge in [0.05, 0.1) is 21.5 Å². The summed E-state index contributed by atoms with van der Waals surface area (Å²) in [6.07, 6.45) is 9.61. The van der Waals surface area contributed by atoms with Crippen LogP contribution in [0.1, 0.15) is 64.5 Å². The van der Waals surface area contributed by atoms with Crippen molar-refractivity contribution in [3.8, 4) is 5.75 Å². The van der Waals surface area contributed by atoms with Crippen LogP contribution in [0.3, 0.4) is 0 Å². The molecule has 9 heteroatoms. The van der Waals surface area contributed by atoms with Gasteiger partial charge < -0.3 is 20.1 Å². The number of rotatable bonds is 10. The molecule has 1 aromatic heterocycles. The van der Waals surface area contributed by atoms with Crippen LogP contribution in [-0.2, 0) is 11.0 Å². The summed E-state index contributed by atoms with van der Waals surface area (Å²) in [6, 6.07) is 14.3. The number of anilines is 2. The van der Waals surface area contributed by atoms with Crippen molar-refractivity contribution in [3.05, 3.63) is 71.6 Å². The van der Waals surface area contributed by atoms with E-state index < -0.39 is 11.0 Å². The molecule has 1 aliphatic carbocycles. The fourth-order valence-corrected chi connectivity index (χ4v) is 7.40. The highest BCUT2D eigenvalue weighted by Crippen LogP contribution is 2.38. The number of allylic oxidation sites excluding steroid dienone is 2. The Labute approximate surface area is 244 Å². The van der Waals surface area contributed by atoms with E-state index in [2.05, 4.69) is 26.9 Å². The minimum absolute atomic E-state index is 0.206. The summed E-state index contributed by atoms with van der Waals surface area (Å²) in [5.74, 6) is 2.09. The molecule has 3 aromatic rings. The van der Waals surface area contributed by atoms with Gasteiger partial charge in [-0.1, -0.05) is 61.9 Å². The maximum Gasteiger partial charge on any atom is 0.223 e. The first-order valence-corrected chi connectivity index (χ1v) is 16.2. The predicted molar refractivity (Wildman–Crippen MR) is 170 cm³/mol. The molecule has 2 aromatic carbocycles. The quantitative estimate of drug-likeness (QED) is 0.219. The number of ether oxygens (including phenoxy) is 1. The Morgan fingerprint density at radius 3 is 2.60 bits per heavy atom. The maximum absolute atomic E-state index is 13.1. The van der Waals surface area contributed by atoms with Gasteiger partial charge in [0.2, 0.25) is 5.95 Å². The molecule has 7 nitrogen and oxygen atoms in total. The van der Waals surface area contributed by atoms with Crippen LogP contribution in [0.2, 0.25) is 0 Å². The topological polar surface area (TPSA) is 88.2 Å². The summed E-state index contributed by atoms with van der Waals surface area (Å²) in [5.41, 5.74) is 1.66. The third-order valence-electron chi connectivity index (χ3n) is 7.33. The van der Waals surface area contributed by atoms with Crippen molar-refractivity contribution in [2.75, 3.05) is 23.1 Å². The van der Waals surface area contributed by atoms with E-state index in [1.165, 1.54) is 6.42 Å². The first kappa shape index (κ1) is 28.6. The van der Waals surface area contributed by atoms with Crippen molar-refractivity contribution < 1.29 is 8.95 Å². The lowest BCUT2D eigenvalue weighted by atomic mass is 10.0. The highest BCUT2D eigenvalue weighted by atomic mass is 32.2. The Morgan fingerprint density at radius 1 is 1.05 bits per heavy atom. The Morgan fingerprint density at radius 2 is 1.85 bits per heavy atom. The van der Waals surface area contributed by atoms with Crippen LogP contribution in [0.15, 0.2) is 65.9 Å². The van der Waals surface area contributed by atoms with Gasteiger partial charge >= 0.3 is 0 Å². The average molecular weight is 578 g/mol. The molecule has 2 atom stereocenters. The summed E-state index contributed by atoms with van der Waals surface area (Å²) in [6.45, 7) is 10.0. The van der Waals surface area contributed by atoms with E-state index in [0.717, 1.165) is 95.1 Å². The molecule has 40 heavy (non-hydrogen) atoms. The average Bonchev–Trinajstić information content (AvgIpc) is 2.98. The minimum atomic E-state index is -1.11. The first-order chi connectivity index (χ1) is 19.5. The highest BCUT2D eigenvalue weighted by molar-refractivity contribution is 8.11. The van der Waals surface area contributed by atoms with Crippen molar-refractivity contribution in [2.24, 2.45) is 0 Å². The summed E-state index contributed by atoms with van der Waals surface area (Å²) in [5, 5.41) is 9.05. The van der Waals surface area contributed by atoms with Gasteiger partial charge in [-0.2, -0.15) is 0 Å². The molecular weight excluding hydrogens is 539 g/mol. The van der Waals surface area contributed by atoms with Crippen molar-refractivity contribution >= 4 is 50.1 Å². The van der Waals surface area contributed by atoms with Crippen LogP contribution in [0, 0.1) is 0 Å². The first-order valence-electron chi connectivity index (χ1n) is 14.2. The highest BCUT2D eigenvalue weighted by Gasteiger charge is 2.21. The molecule has 0 radical (unpaired) electrons. The zero-order valence-electron chi connectivity index (χ0n) is 23.4. The summed E-state index contributed by atoms with van der Waals surface area (Å²) >= 11 is 1.54. The summed E-state index contributed by atoms with van der Waals surface area (Å²) in [4.78, 5) is 11.1. The standard InChI is InChI=1S/C31H39N5O2S2/c1-21(2)39-30(28-17-19-33-31(35-28)34-23-10-9-18-32-20-23)22(3)38-29-16-15-27(25-13-7-8-14-26(25)29)36-40(37)24-11-5-4-6-12-24/h7-8,13-17,19,23-24,32,36H,1,4-6,9-12,18,20H2,2-3H3,(H,33,34,35)/b30-22+. The number of nitrogens with one attached hydrogen (secondary N) is 3. The Kier molecular flexibility index (Phi) is 9.78. The fourth-order valence-electron chi connectivity index (χ4n) is 5.32. The number of aromatic nitrogens is 2. The van der Waals surface area contributed by atoms with Gasteiger partial charge in [-0.3, -0.25) is 0 Å². The summed E-state index contributed by atoms with van der Waals surface area (Å²) in [7, 11) is -1.11. The number of nitrogens with zero attached hydrogens (tertiary/aromatic N) is 2. The molecule has 0 amide bonds. The lowest BCUT2D eigenvalue weighted by Crippen LogP contribution is -2.38. The zero-order chi connectivity index (χ0) is 27.9. The van der Waals surface area contributed by atoms with E-state index >= 15 is 0 Å². The number of hydrogen-bond donors (Lipinski definition) is 3. The number of thioether (sulfide) groups is 1. The Balaban J connectivity index is 1.42. The molecule has 2 unspecified atom stereocenters. The van der Waals surface area contributed by atoms with Gasteiger partial charge in [-0.25, -0.2) is 14.2 Å². The van der Waals surface area contributed by atoms with Gasteiger partial charge in [0.1, 0.15) is 22.5 Å². The molecule has 1 saturated carbocycles. The number of benzene rings is 2. The molecule has 0 spiro atoms. The second kappa shape index (κ2) is 13.7. The Hall–Kier alpha value is -2.88.